The number of aromatic carboxylic acids is 1. The predicted molar refractivity (Wildman–Crippen MR) is 75.9 cm³/mol. The number of nitrogens with zero attached hydrogens (tertiary/aromatic N) is 1. The number of carboxylic acids is 1. The van der Waals surface area contributed by atoms with Crippen molar-refractivity contribution in [1.29, 1.82) is 0 Å². The highest BCUT2D eigenvalue weighted by Gasteiger charge is 2.27. The molecule has 19 heavy (non-hydrogen) atoms. The number of hydrogen-bond acceptors (Lipinski definition) is 3. The van der Waals surface area contributed by atoms with Crippen LogP contribution in [0.15, 0.2) is 12.1 Å². The van der Waals surface area contributed by atoms with Crippen molar-refractivity contribution in [2.75, 3.05) is 5.32 Å². The van der Waals surface area contributed by atoms with Crippen LogP contribution in [0.2, 0.25) is 5.02 Å². The molecule has 0 bridgehead atoms. The lowest BCUT2D eigenvalue weighted by molar-refractivity contribution is 0.0691. The van der Waals surface area contributed by atoms with Gasteiger partial charge in [0, 0.05) is 6.04 Å². The highest BCUT2D eigenvalue weighted by molar-refractivity contribution is 6.33. The van der Waals surface area contributed by atoms with Gasteiger partial charge in [0.2, 0.25) is 0 Å². The molecule has 1 aliphatic rings. The van der Waals surface area contributed by atoms with Gasteiger partial charge in [-0.15, -0.1) is 0 Å². The van der Waals surface area contributed by atoms with Crippen LogP contribution in [0.5, 0.6) is 0 Å². The van der Waals surface area contributed by atoms with E-state index in [2.05, 4.69) is 24.1 Å². The minimum Gasteiger partial charge on any atom is -0.476 e. The van der Waals surface area contributed by atoms with Crippen LogP contribution in [0.25, 0.3) is 0 Å². The molecule has 1 aliphatic carbocycles. The Kier molecular flexibility index (Phi) is 3.99. The first-order valence-corrected chi connectivity index (χ1v) is 6.91. The molecule has 2 N–H and O–H groups in total. The molecular formula is C14H19ClN2O2. The van der Waals surface area contributed by atoms with Gasteiger partial charge >= 0.3 is 5.97 Å². The average Bonchev–Trinajstić information content (AvgIpc) is 2.34. The maximum Gasteiger partial charge on any atom is 0.356 e. The van der Waals surface area contributed by atoms with E-state index in [-0.39, 0.29) is 10.7 Å². The van der Waals surface area contributed by atoms with Crippen molar-refractivity contribution in [2.45, 2.75) is 45.6 Å². The second-order valence-corrected chi connectivity index (χ2v) is 6.32. The zero-order valence-electron chi connectivity index (χ0n) is 11.2. The van der Waals surface area contributed by atoms with Crippen LogP contribution in [0, 0.1) is 5.41 Å². The lowest BCUT2D eigenvalue weighted by Crippen LogP contribution is -2.30. The summed E-state index contributed by atoms with van der Waals surface area (Å²) in [6, 6.07) is 3.67. The van der Waals surface area contributed by atoms with E-state index >= 15 is 0 Å². The average molecular weight is 283 g/mol. The van der Waals surface area contributed by atoms with Gasteiger partial charge in [0.15, 0.2) is 5.69 Å². The second-order valence-electron chi connectivity index (χ2n) is 5.91. The van der Waals surface area contributed by atoms with Crippen LogP contribution in [0.1, 0.15) is 50.0 Å². The van der Waals surface area contributed by atoms with Gasteiger partial charge in [0.25, 0.3) is 0 Å². The summed E-state index contributed by atoms with van der Waals surface area (Å²) in [5, 5.41) is 12.5. The van der Waals surface area contributed by atoms with E-state index in [0.717, 1.165) is 12.8 Å². The van der Waals surface area contributed by atoms with Gasteiger partial charge < -0.3 is 10.4 Å². The Morgan fingerprint density at radius 3 is 2.63 bits per heavy atom. The summed E-state index contributed by atoms with van der Waals surface area (Å²) < 4.78 is 0. The van der Waals surface area contributed by atoms with E-state index in [0.29, 0.717) is 17.3 Å². The monoisotopic (exact) mass is 282 g/mol. The van der Waals surface area contributed by atoms with Crippen molar-refractivity contribution in [3.05, 3.63) is 22.8 Å². The van der Waals surface area contributed by atoms with Crippen molar-refractivity contribution in [2.24, 2.45) is 5.41 Å². The fraction of sp³-hybridized carbons (Fsp3) is 0.571. The molecule has 104 valence electrons. The van der Waals surface area contributed by atoms with Gasteiger partial charge in [-0.3, -0.25) is 0 Å². The molecule has 0 aromatic carbocycles. The Balaban J connectivity index is 2.04. The first kappa shape index (κ1) is 14.1. The molecule has 0 aliphatic heterocycles. The van der Waals surface area contributed by atoms with Crippen molar-refractivity contribution in [3.8, 4) is 0 Å². The van der Waals surface area contributed by atoms with Crippen LogP contribution in [-0.4, -0.2) is 22.1 Å². The maximum absolute atomic E-state index is 11.0. The standard InChI is InChI=1S/C14H19ClN2O2/c1-14(2)7-5-9(6-8-14)16-11-4-3-10(15)12(17-11)13(18)19/h3-4,9H,5-8H2,1-2H3,(H,16,17)(H,18,19). The van der Waals surface area contributed by atoms with Gasteiger partial charge in [-0.25, -0.2) is 9.78 Å². The smallest absolute Gasteiger partial charge is 0.356 e. The number of aromatic nitrogens is 1. The fourth-order valence-corrected chi connectivity index (χ4v) is 2.61. The van der Waals surface area contributed by atoms with E-state index < -0.39 is 5.97 Å². The number of nitrogens with one attached hydrogen (secondary N) is 1. The first-order valence-electron chi connectivity index (χ1n) is 6.54. The van der Waals surface area contributed by atoms with E-state index in [4.69, 9.17) is 16.7 Å². The third kappa shape index (κ3) is 3.60. The molecule has 1 aromatic rings. The van der Waals surface area contributed by atoms with E-state index in [1.54, 1.807) is 12.1 Å². The van der Waals surface area contributed by atoms with Gasteiger partial charge in [-0.1, -0.05) is 25.4 Å². The predicted octanol–water partition coefficient (Wildman–Crippen LogP) is 3.81. The number of hydrogen-bond donors (Lipinski definition) is 2. The van der Waals surface area contributed by atoms with Crippen LogP contribution in [-0.2, 0) is 0 Å². The fourth-order valence-electron chi connectivity index (χ4n) is 2.43. The number of carbonyl (C=O) groups is 1. The third-order valence-electron chi connectivity index (χ3n) is 3.74. The summed E-state index contributed by atoms with van der Waals surface area (Å²) in [4.78, 5) is 15.0. The summed E-state index contributed by atoms with van der Waals surface area (Å²) in [6.07, 6.45) is 4.51. The minimum atomic E-state index is -1.10. The first-order chi connectivity index (χ1) is 8.87. The Bertz CT molecular complexity index is 478. The van der Waals surface area contributed by atoms with Crippen molar-refractivity contribution in [1.82, 2.24) is 4.98 Å². The third-order valence-corrected chi connectivity index (χ3v) is 4.04. The molecule has 1 saturated carbocycles. The summed E-state index contributed by atoms with van der Waals surface area (Å²) in [5.41, 5.74) is 0.320. The van der Waals surface area contributed by atoms with E-state index in [9.17, 15) is 4.79 Å². The zero-order chi connectivity index (χ0) is 14.0. The SMILES string of the molecule is CC1(C)CCC(Nc2ccc(Cl)c(C(=O)O)n2)CC1. The van der Waals surface area contributed by atoms with Gasteiger partial charge in [0.1, 0.15) is 5.82 Å². The summed E-state index contributed by atoms with van der Waals surface area (Å²) in [6.45, 7) is 4.57. The van der Waals surface area contributed by atoms with E-state index in [1.807, 2.05) is 0 Å². The van der Waals surface area contributed by atoms with Gasteiger partial charge in [-0.2, -0.15) is 0 Å². The molecule has 0 saturated heterocycles. The van der Waals surface area contributed by atoms with Gasteiger partial charge in [-0.05, 0) is 43.2 Å². The summed E-state index contributed by atoms with van der Waals surface area (Å²) in [5.74, 6) is -0.509. The number of carboxylic acid groups (broad SMARTS) is 1. The highest BCUT2D eigenvalue weighted by Crippen LogP contribution is 2.36. The number of pyridine rings is 1. The van der Waals surface area contributed by atoms with Gasteiger partial charge in [0.05, 0.1) is 5.02 Å². The largest absolute Gasteiger partial charge is 0.476 e. The minimum absolute atomic E-state index is 0.0946. The lowest BCUT2D eigenvalue weighted by atomic mass is 9.75. The van der Waals surface area contributed by atoms with Crippen LogP contribution in [0.4, 0.5) is 5.82 Å². The van der Waals surface area contributed by atoms with Crippen LogP contribution >= 0.6 is 11.6 Å². The summed E-state index contributed by atoms with van der Waals surface area (Å²) >= 11 is 5.80. The molecule has 1 aromatic heterocycles. The lowest BCUT2D eigenvalue weighted by Gasteiger charge is -2.34. The normalized spacial score (nSPS) is 19.1. The quantitative estimate of drug-likeness (QED) is 0.885. The van der Waals surface area contributed by atoms with Crippen molar-refractivity contribution < 1.29 is 9.90 Å². The molecule has 0 unspecified atom stereocenters. The van der Waals surface area contributed by atoms with Crippen molar-refractivity contribution in [3.63, 3.8) is 0 Å². The Morgan fingerprint density at radius 1 is 1.42 bits per heavy atom. The number of rotatable bonds is 3. The molecule has 5 heteroatoms. The maximum atomic E-state index is 11.0. The zero-order valence-corrected chi connectivity index (χ0v) is 12.0. The molecule has 1 heterocycles. The molecule has 0 atom stereocenters. The molecular weight excluding hydrogens is 264 g/mol. The Hall–Kier alpha value is -1.29. The molecule has 1 fully saturated rings. The van der Waals surface area contributed by atoms with Crippen LogP contribution < -0.4 is 5.32 Å². The molecule has 2 rings (SSSR count). The topological polar surface area (TPSA) is 62.2 Å². The molecule has 4 nitrogen and oxygen atoms in total. The number of anilines is 1. The highest BCUT2D eigenvalue weighted by atomic mass is 35.5. The molecule has 0 spiro atoms. The summed E-state index contributed by atoms with van der Waals surface area (Å²) in [7, 11) is 0. The Morgan fingerprint density at radius 2 is 2.05 bits per heavy atom. The Labute approximate surface area is 118 Å². The van der Waals surface area contributed by atoms with E-state index in [1.165, 1.54) is 12.8 Å². The molecule has 0 radical (unpaired) electrons. The second kappa shape index (κ2) is 5.37. The van der Waals surface area contributed by atoms with Crippen LogP contribution in [0.3, 0.4) is 0 Å². The number of halogens is 1. The molecule has 0 amide bonds. The van der Waals surface area contributed by atoms with Crippen molar-refractivity contribution >= 4 is 23.4 Å².